The summed E-state index contributed by atoms with van der Waals surface area (Å²) in [6.45, 7) is 2.23. The first-order valence-electron chi connectivity index (χ1n) is 9.20. The molecule has 0 radical (unpaired) electrons. The van der Waals surface area contributed by atoms with Crippen LogP contribution in [0.3, 0.4) is 0 Å². The van der Waals surface area contributed by atoms with E-state index in [0.717, 1.165) is 0 Å². The van der Waals surface area contributed by atoms with Gasteiger partial charge in [0.2, 0.25) is 0 Å². The Morgan fingerprint density at radius 3 is 1.93 bits per heavy atom. The highest BCUT2D eigenvalue weighted by Crippen LogP contribution is 2.47. The lowest BCUT2D eigenvalue weighted by molar-refractivity contribution is 0.103. The standard InChI is InChI=1S/C21H21NO2.CH4O3S/c1-21(12-23,13-24)22-11-14-9-10-19-17-6-3-2-5-16(17)18-8-4-7-15(14)20(18)19;1-5(2,3)4/h2-10,22-24H,11-13H2,1H3;1H3,(H,2,3,4). The van der Waals surface area contributed by atoms with Crippen molar-refractivity contribution in [1.29, 1.82) is 0 Å². The molecule has 0 aromatic heterocycles. The van der Waals surface area contributed by atoms with Crippen LogP contribution in [0.2, 0.25) is 0 Å². The summed E-state index contributed by atoms with van der Waals surface area (Å²) in [6.07, 6.45) is 0.715. The minimum atomic E-state index is -3.67. The Bertz CT molecular complexity index is 1100. The van der Waals surface area contributed by atoms with Crippen LogP contribution >= 0.6 is 0 Å². The van der Waals surface area contributed by atoms with Crippen molar-refractivity contribution < 1.29 is 23.2 Å². The van der Waals surface area contributed by atoms with Crippen LogP contribution in [0, 0.1) is 0 Å². The molecule has 0 spiro atoms. The Morgan fingerprint density at radius 2 is 1.38 bits per heavy atom. The summed E-state index contributed by atoms with van der Waals surface area (Å²) < 4.78 is 25.9. The van der Waals surface area contributed by atoms with Crippen LogP contribution in [0.15, 0.2) is 54.6 Å². The second-order valence-electron chi connectivity index (χ2n) is 7.51. The predicted octanol–water partition coefficient (Wildman–Crippen LogP) is 2.82. The van der Waals surface area contributed by atoms with Gasteiger partial charge in [0.05, 0.1) is 25.0 Å². The summed E-state index contributed by atoms with van der Waals surface area (Å²) in [5, 5.41) is 24.8. The van der Waals surface area contributed by atoms with Crippen LogP contribution in [0.4, 0.5) is 0 Å². The van der Waals surface area contributed by atoms with Crippen molar-refractivity contribution in [1.82, 2.24) is 5.32 Å². The lowest BCUT2D eigenvalue weighted by Gasteiger charge is -2.26. The van der Waals surface area contributed by atoms with Gasteiger partial charge in [0.25, 0.3) is 10.1 Å². The van der Waals surface area contributed by atoms with Crippen molar-refractivity contribution in [3.05, 3.63) is 60.2 Å². The normalized spacial score (nSPS) is 12.4. The number of aliphatic hydroxyl groups excluding tert-OH is 2. The van der Waals surface area contributed by atoms with E-state index in [1.807, 2.05) is 6.92 Å². The maximum atomic E-state index is 9.47. The van der Waals surface area contributed by atoms with E-state index >= 15 is 0 Å². The fourth-order valence-electron chi connectivity index (χ4n) is 3.49. The Hall–Kier alpha value is -2.29. The molecule has 3 aromatic rings. The third kappa shape index (κ3) is 4.66. The van der Waals surface area contributed by atoms with Crippen LogP contribution in [0.25, 0.3) is 33.0 Å². The van der Waals surface area contributed by atoms with Gasteiger partial charge in [0.15, 0.2) is 0 Å². The maximum absolute atomic E-state index is 9.47. The van der Waals surface area contributed by atoms with Gasteiger partial charge in [-0.2, -0.15) is 8.42 Å². The fourth-order valence-corrected chi connectivity index (χ4v) is 3.49. The molecule has 0 saturated carbocycles. The molecular formula is C22H25NO5S. The number of nitrogens with one attached hydrogen (secondary N) is 1. The second kappa shape index (κ2) is 8.22. The molecule has 0 amide bonds. The summed E-state index contributed by atoms with van der Waals surface area (Å²) in [7, 11) is -3.67. The summed E-state index contributed by atoms with van der Waals surface area (Å²) in [5.74, 6) is 0. The molecule has 3 aromatic carbocycles. The molecule has 0 bridgehead atoms. The largest absolute Gasteiger partial charge is 0.394 e. The van der Waals surface area contributed by atoms with Gasteiger partial charge in [-0.3, -0.25) is 4.55 Å². The Morgan fingerprint density at radius 1 is 0.862 bits per heavy atom. The van der Waals surface area contributed by atoms with Gasteiger partial charge in [-0.1, -0.05) is 54.6 Å². The monoisotopic (exact) mass is 415 g/mol. The summed E-state index contributed by atoms with van der Waals surface area (Å²) in [6, 6.07) is 19.3. The van der Waals surface area contributed by atoms with Gasteiger partial charge in [0.1, 0.15) is 0 Å². The van der Waals surface area contributed by atoms with Gasteiger partial charge in [-0.15, -0.1) is 0 Å². The molecule has 6 nitrogen and oxygen atoms in total. The molecule has 0 unspecified atom stereocenters. The Balaban J connectivity index is 0.000000431. The average molecular weight is 416 g/mol. The summed E-state index contributed by atoms with van der Waals surface area (Å²) in [4.78, 5) is 0. The smallest absolute Gasteiger partial charge is 0.261 e. The van der Waals surface area contributed by atoms with Crippen LogP contribution in [0.1, 0.15) is 12.5 Å². The molecule has 0 atom stereocenters. The first-order chi connectivity index (χ1) is 13.7. The Labute approximate surface area is 170 Å². The lowest BCUT2D eigenvalue weighted by atomic mass is 9.97. The van der Waals surface area contributed by atoms with Gasteiger partial charge < -0.3 is 15.5 Å². The highest BCUT2D eigenvalue weighted by Gasteiger charge is 2.24. The highest BCUT2D eigenvalue weighted by atomic mass is 32.2. The topological polar surface area (TPSA) is 107 Å². The molecule has 1 aliphatic rings. The van der Waals surface area contributed by atoms with E-state index in [1.54, 1.807) is 0 Å². The van der Waals surface area contributed by atoms with Crippen LogP contribution in [0.5, 0.6) is 0 Å². The minimum Gasteiger partial charge on any atom is -0.394 e. The van der Waals surface area contributed by atoms with Crippen molar-refractivity contribution in [2.24, 2.45) is 0 Å². The SMILES string of the molecule is CC(CO)(CO)NCc1ccc2c3c(cccc13)-c1ccccc1-2.CS(=O)(=O)O. The van der Waals surface area contributed by atoms with Gasteiger partial charge in [-0.25, -0.2) is 0 Å². The van der Waals surface area contributed by atoms with Crippen molar-refractivity contribution >= 4 is 20.9 Å². The fraction of sp³-hybridized carbons (Fsp3) is 0.273. The molecule has 0 aliphatic heterocycles. The van der Waals surface area contributed by atoms with Gasteiger partial charge in [-0.05, 0) is 45.5 Å². The predicted molar refractivity (Wildman–Crippen MR) is 115 cm³/mol. The average Bonchev–Trinajstić information content (AvgIpc) is 3.02. The van der Waals surface area contributed by atoms with E-state index in [9.17, 15) is 18.6 Å². The zero-order valence-electron chi connectivity index (χ0n) is 16.4. The molecule has 1 aliphatic carbocycles. The molecule has 7 heteroatoms. The number of aliphatic hydroxyl groups is 2. The lowest BCUT2D eigenvalue weighted by Crippen LogP contribution is -2.48. The molecule has 0 heterocycles. The molecule has 0 fully saturated rings. The number of benzene rings is 3. The number of hydrogen-bond donors (Lipinski definition) is 4. The quantitative estimate of drug-likeness (QED) is 0.374. The first kappa shape index (κ1) is 21.4. The van der Waals surface area contributed by atoms with E-state index < -0.39 is 15.7 Å². The van der Waals surface area contributed by atoms with Crippen molar-refractivity contribution in [3.63, 3.8) is 0 Å². The third-order valence-corrected chi connectivity index (χ3v) is 5.04. The van der Waals surface area contributed by atoms with Crippen LogP contribution in [-0.2, 0) is 16.7 Å². The summed E-state index contributed by atoms with van der Waals surface area (Å²) in [5.41, 5.74) is 5.65. The minimum absolute atomic E-state index is 0.101. The Kier molecular flexibility index (Phi) is 6.07. The summed E-state index contributed by atoms with van der Waals surface area (Å²) >= 11 is 0. The second-order valence-corrected chi connectivity index (χ2v) is 8.98. The van der Waals surface area contributed by atoms with E-state index in [0.29, 0.717) is 12.8 Å². The molecule has 154 valence electrons. The van der Waals surface area contributed by atoms with Crippen molar-refractivity contribution in [3.8, 4) is 22.3 Å². The highest BCUT2D eigenvalue weighted by molar-refractivity contribution is 7.85. The van der Waals surface area contributed by atoms with Crippen molar-refractivity contribution in [2.45, 2.75) is 19.0 Å². The molecule has 4 N–H and O–H groups in total. The van der Waals surface area contributed by atoms with Crippen molar-refractivity contribution in [2.75, 3.05) is 19.5 Å². The van der Waals surface area contributed by atoms with Gasteiger partial charge in [0, 0.05) is 6.54 Å². The van der Waals surface area contributed by atoms with Crippen LogP contribution < -0.4 is 5.32 Å². The third-order valence-electron chi connectivity index (χ3n) is 5.04. The van der Waals surface area contributed by atoms with Gasteiger partial charge >= 0.3 is 0 Å². The molecule has 29 heavy (non-hydrogen) atoms. The molecular weight excluding hydrogens is 390 g/mol. The van der Waals surface area contributed by atoms with E-state index in [2.05, 4.69) is 59.9 Å². The number of hydrogen-bond acceptors (Lipinski definition) is 5. The maximum Gasteiger partial charge on any atom is 0.261 e. The van der Waals surface area contributed by atoms with E-state index in [1.165, 1.54) is 38.6 Å². The number of rotatable bonds is 5. The van der Waals surface area contributed by atoms with E-state index in [4.69, 9.17) is 4.55 Å². The zero-order valence-corrected chi connectivity index (χ0v) is 17.2. The van der Waals surface area contributed by atoms with Crippen LogP contribution in [-0.4, -0.2) is 48.2 Å². The van der Waals surface area contributed by atoms with E-state index in [-0.39, 0.29) is 13.2 Å². The number of fused-ring (bicyclic) bond motifs is 3. The first-order valence-corrected chi connectivity index (χ1v) is 11.1. The molecule has 4 rings (SSSR count). The molecule has 0 saturated heterocycles. The zero-order chi connectivity index (χ0) is 21.2.